The summed E-state index contributed by atoms with van der Waals surface area (Å²) in [6.45, 7) is 4.52. The molecule has 144 valence electrons. The zero-order valence-corrected chi connectivity index (χ0v) is 17.2. The predicted molar refractivity (Wildman–Crippen MR) is 110 cm³/mol. The minimum Gasteiger partial charge on any atom is -0.378 e. The van der Waals surface area contributed by atoms with Gasteiger partial charge in [-0.05, 0) is 87.9 Å². The predicted octanol–water partition coefficient (Wildman–Crippen LogP) is 4.58. The standard InChI is InChI=1S/C23H29ClN2O/c1-15-12-19(13-16(2)26(15)3)23(27)21-10-9-20(24)14-18(21)7-4-6-17-8-5-11-25-22(17)23/h5,8-11,14-16,19,27H,4,6-7,12-13H2,1-3H3. The van der Waals surface area contributed by atoms with Gasteiger partial charge in [0.25, 0.3) is 0 Å². The molecule has 1 aromatic heterocycles. The normalized spacial score (nSPS) is 31.5. The van der Waals surface area contributed by atoms with Crippen LogP contribution in [-0.2, 0) is 18.4 Å². The first-order valence-electron chi connectivity index (χ1n) is 10.1. The lowest BCUT2D eigenvalue weighted by molar-refractivity contribution is -0.0424. The van der Waals surface area contributed by atoms with Gasteiger partial charge in [-0.2, -0.15) is 0 Å². The molecule has 0 spiro atoms. The van der Waals surface area contributed by atoms with E-state index in [9.17, 15) is 5.11 Å². The van der Waals surface area contributed by atoms with Crippen molar-refractivity contribution in [2.75, 3.05) is 7.05 Å². The molecule has 2 heterocycles. The first-order valence-corrected chi connectivity index (χ1v) is 10.5. The van der Waals surface area contributed by atoms with Crippen LogP contribution in [0.4, 0.5) is 0 Å². The van der Waals surface area contributed by atoms with E-state index in [-0.39, 0.29) is 5.92 Å². The number of hydrogen-bond donors (Lipinski definition) is 1. The summed E-state index contributed by atoms with van der Waals surface area (Å²) in [4.78, 5) is 7.16. The van der Waals surface area contributed by atoms with Gasteiger partial charge in [0.05, 0.1) is 5.69 Å². The fraction of sp³-hybridized carbons (Fsp3) is 0.522. The molecule has 2 aliphatic rings. The Labute approximate surface area is 167 Å². The lowest BCUT2D eigenvalue weighted by atomic mass is 9.67. The van der Waals surface area contributed by atoms with Crippen LogP contribution >= 0.6 is 11.6 Å². The Morgan fingerprint density at radius 3 is 2.56 bits per heavy atom. The van der Waals surface area contributed by atoms with Gasteiger partial charge in [-0.25, -0.2) is 0 Å². The summed E-state index contributed by atoms with van der Waals surface area (Å²) in [5, 5.41) is 13.1. The van der Waals surface area contributed by atoms with Gasteiger partial charge >= 0.3 is 0 Å². The Balaban J connectivity index is 1.92. The van der Waals surface area contributed by atoms with Crippen molar-refractivity contribution < 1.29 is 5.11 Å². The molecule has 0 amide bonds. The lowest BCUT2D eigenvalue weighted by Gasteiger charge is -2.47. The smallest absolute Gasteiger partial charge is 0.135 e. The summed E-state index contributed by atoms with van der Waals surface area (Å²) in [5.74, 6) is 0.130. The van der Waals surface area contributed by atoms with Crippen molar-refractivity contribution >= 4 is 11.6 Å². The summed E-state index contributed by atoms with van der Waals surface area (Å²) in [6, 6.07) is 11.0. The molecule has 4 rings (SSSR count). The van der Waals surface area contributed by atoms with Gasteiger partial charge < -0.3 is 10.0 Å². The van der Waals surface area contributed by atoms with Crippen molar-refractivity contribution in [1.82, 2.24) is 9.88 Å². The van der Waals surface area contributed by atoms with Crippen LogP contribution in [0.2, 0.25) is 5.02 Å². The molecule has 3 nitrogen and oxygen atoms in total. The topological polar surface area (TPSA) is 36.4 Å². The summed E-state index contributed by atoms with van der Waals surface area (Å²) < 4.78 is 0. The van der Waals surface area contributed by atoms with Crippen LogP contribution in [0.25, 0.3) is 0 Å². The molecule has 3 unspecified atom stereocenters. The number of piperidine rings is 1. The number of benzene rings is 1. The number of likely N-dealkylation sites (tertiary alicyclic amines) is 1. The van der Waals surface area contributed by atoms with Crippen molar-refractivity contribution in [3.63, 3.8) is 0 Å². The summed E-state index contributed by atoms with van der Waals surface area (Å²) in [7, 11) is 2.19. The van der Waals surface area contributed by atoms with Crippen LogP contribution in [0.3, 0.4) is 0 Å². The third-order valence-electron chi connectivity index (χ3n) is 6.86. The van der Waals surface area contributed by atoms with E-state index >= 15 is 0 Å². The van der Waals surface area contributed by atoms with Gasteiger partial charge in [-0.15, -0.1) is 0 Å². The van der Waals surface area contributed by atoms with Gasteiger partial charge in [-0.1, -0.05) is 23.7 Å². The number of aliphatic hydroxyl groups is 1. The fourth-order valence-corrected chi connectivity index (χ4v) is 5.36. The third-order valence-corrected chi connectivity index (χ3v) is 7.09. The van der Waals surface area contributed by atoms with Crippen molar-refractivity contribution in [2.24, 2.45) is 5.92 Å². The summed E-state index contributed by atoms with van der Waals surface area (Å²) in [6.07, 6.45) is 6.65. The average Bonchev–Trinajstić information content (AvgIpc) is 2.64. The fourth-order valence-electron chi connectivity index (χ4n) is 5.16. The van der Waals surface area contributed by atoms with Crippen LogP contribution in [0.5, 0.6) is 0 Å². The van der Waals surface area contributed by atoms with Crippen LogP contribution in [0, 0.1) is 5.92 Å². The maximum absolute atomic E-state index is 12.4. The van der Waals surface area contributed by atoms with Crippen LogP contribution < -0.4 is 0 Å². The SMILES string of the molecule is CC1CC(C2(O)c3ccc(Cl)cc3CCCc3cccnc32)CC(C)N1C. The minimum absolute atomic E-state index is 0.130. The molecule has 0 radical (unpaired) electrons. The van der Waals surface area contributed by atoms with Gasteiger partial charge in [0.2, 0.25) is 0 Å². The molecule has 1 aliphatic heterocycles. The van der Waals surface area contributed by atoms with E-state index in [1.807, 2.05) is 30.5 Å². The van der Waals surface area contributed by atoms with Gasteiger partial charge in [-0.3, -0.25) is 4.98 Å². The van der Waals surface area contributed by atoms with Gasteiger partial charge in [0, 0.05) is 29.2 Å². The zero-order valence-electron chi connectivity index (χ0n) is 16.5. The average molecular weight is 385 g/mol. The molecule has 0 saturated carbocycles. The largest absolute Gasteiger partial charge is 0.378 e. The highest BCUT2D eigenvalue weighted by molar-refractivity contribution is 6.30. The molecule has 27 heavy (non-hydrogen) atoms. The highest BCUT2D eigenvalue weighted by atomic mass is 35.5. The Bertz CT molecular complexity index is 827. The van der Waals surface area contributed by atoms with E-state index in [4.69, 9.17) is 16.6 Å². The van der Waals surface area contributed by atoms with Crippen molar-refractivity contribution in [2.45, 2.75) is 63.6 Å². The second-order valence-electron chi connectivity index (χ2n) is 8.46. The Hall–Kier alpha value is -1.42. The molecule has 4 heteroatoms. The van der Waals surface area contributed by atoms with Crippen molar-refractivity contribution in [1.29, 1.82) is 0 Å². The molecular formula is C23H29ClN2O. The number of rotatable bonds is 1. The van der Waals surface area contributed by atoms with Gasteiger partial charge in [0.1, 0.15) is 5.60 Å². The number of nitrogens with zero attached hydrogens (tertiary/aromatic N) is 2. The van der Waals surface area contributed by atoms with E-state index in [0.717, 1.165) is 48.4 Å². The van der Waals surface area contributed by atoms with E-state index in [2.05, 4.69) is 31.9 Å². The number of hydrogen-bond acceptors (Lipinski definition) is 3. The second-order valence-corrected chi connectivity index (χ2v) is 8.90. The number of aryl methyl sites for hydroxylation is 2. The number of pyridine rings is 1. The lowest BCUT2D eigenvalue weighted by Crippen LogP contribution is -2.51. The van der Waals surface area contributed by atoms with Crippen molar-refractivity contribution in [3.05, 3.63) is 63.9 Å². The van der Waals surface area contributed by atoms with Crippen LogP contribution in [0.1, 0.15) is 55.5 Å². The van der Waals surface area contributed by atoms with E-state index in [0.29, 0.717) is 12.1 Å². The molecule has 1 N–H and O–H groups in total. The van der Waals surface area contributed by atoms with Crippen molar-refractivity contribution in [3.8, 4) is 0 Å². The summed E-state index contributed by atoms with van der Waals surface area (Å²) in [5.41, 5.74) is 3.13. The van der Waals surface area contributed by atoms with Crippen LogP contribution in [0.15, 0.2) is 36.5 Å². The maximum Gasteiger partial charge on any atom is 0.135 e. The Kier molecular flexibility index (Phi) is 5.04. The number of fused-ring (bicyclic) bond motifs is 2. The Morgan fingerprint density at radius 2 is 1.81 bits per heavy atom. The first-order chi connectivity index (χ1) is 12.9. The molecule has 1 aliphatic carbocycles. The Morgan fingerprint density at radius 1 is 1.11 bits per heavy atom. The quantitative estimate of drug-likeness (QED) is 0.781. The molecule has 2 aromatic rings. The highest BCUT2D eigenvalue weighted by Gasteiger charge is 2.47. The molecule has 3 atom stereocenters. The van der Waals surface area contributed by atoms with Crippen LogP contribution in [-0.4, -0.2) is 34.1 Å². The molecule has 1 fully saturated rings. The maximum atomic E-state index is 12.4. The first kappa shape index (κ1) is 18.9. The molecule has 1 saturated heterocycles. The van der Waals surface area contributed by atoms with E-state index < -0.39 is 5.60 Å². The third kappa shape index (κ3) is 3.20. The monoisotopic (exact) mass is 384 g/mol. The number of halogens is 1. The second kappa shape index (κ2) is 7.20. The zero-order chi connectivity index (χ0) is 19.2. The van der Waals surface area contributed by atoms with Gasteiger partial charge in [0.15, 0.2) is 0 Å². The van der Waals surface area contributed by atoms with E-state index in [1.54, 1.807) is 0 Å². The minimum atomic E-state index is -1.07. The molecule has 0 bridgehead atoms. The molecule has 1 aromatic carbocycles. The highest BCUT2D eigenvalue weighted by Crippen LogP contribution is 2.47. The van der Waals surface area contributed by atoms with E-state index in [1.165, 1.54) is 11.1 Å². The number of aromatic nitrogens is 1. The molecular weight excluding hydrogens is 356 g/mol. The summed E-state index contributed by atoms with van der Waals surface area (Å²) >= 11 is 6.31.